The minimum atomic E-state index is -1.03. The molecule has 4 rings (SSSR count). The van der Waals surface area contributed by atoms with Gasteiger partial charge in [0.2, 0.25) is 6.04 Å². The molecule has 1 aliphatic rings. The number of nitrogens with one attached hydrogen (secondary N) is 1. The van der Waals surface area contributed by atoms with Crippen LogP contribution in [0.2, 0.25) is 5.02 Å². The number of anilines is 1. The van der Waals surface area contributed by atoms with E-state index in [4.69, 9.17) is 11.6 Å². The van der Waals surface area contributed by atoms with Crippen molar-refractivity contribution in [2.75, 3.05) is 5.32 Å². The highest BCUT2D eigenvalue weighted by atomic mass is 35.5. The molecule has 0 saturated carbocycles. The molecule has 3 aromatic carbocycles. The van der Waals surface area contributed by atoms with E-state index in [0.29, 0.717) is 16.1 Å². The van der Waals surface area contributed by atoms with Crippen LogP contribution in [0.25, 0.3) is 0 Å². The van der Waals surface area contributed by atoms with Gasteiger partial charge in [0, 0.05) is 27.6 Å². The first-order chi connectivity index (χ1) is 14.1. The van der Waals surface area contributed by atoms with E-state index >= 15 is 0 Å². The third-order valence-electron chi connectivity index (χ3n) is 5.41. The van der Waals surface area contributed by atoms with Crippen molar-refractivity contribution in [1.29, 1.82) is 0 Å². The molecule has 5 nitrogen and oxygen atoms in total. The Bertz CT molecular complexity index is 1050. The van der Waals surface area contributed by atoms with Gasteiger partial charge in [0.1, 0.15) is 6.04 Å². The number of rotatable bonds is 5. The summed E-state index contributed by atoms with van der Waals surface area (Å²) in [5, 5.41) is 16.0. The van der Waals surface area contributed by atoms with Crippen molar-refractivity contribution in [2.24, 2.45) is 0 Å². The van der Waals surface area contributed by atoms with Crippen LogP contribution in [-0.2, 0) is 0 Å². The first kappa shape index (κ1) is 19.2. The molecule has 0 radical (unpaired) electrons. The van der Waals surface area contributed by atoms with Gasteiger partial charge in [-0.15, -0.1) is 0 Å². The maximum atomic E-state index is 12.9. The molecule has 0 unspecified atom stereocenters. The van der Waals surface area contributed by atoms with E-state index in [9.17, 15) is 14.9 Å². The fourth-order valence-corrected chi connectivity index (χ4v) is 4.30. The van der Waals surface area contributed by atoms with Crippen LogP contribution in [0.5, 0.6) is 0 Å². The predicted octanol–water partition coefficient (Wildman–Crippen LogP) is 5.51. The maximum Gasteiger partial charge on any atom is 0.244 e. The summed E-state index contributed by atoms with van der Waals surface area (Å²) in [5.41, 5.74) is 2.78. The highest BCUT2D eigenvalue weighted by Gasteiger charge is 2.46. The topological polar surface area (TPSA) is 72.2 Å². The van der Waals surface area contributed by atoms with E-state index in [1.165, 1.54) is 0 Å². The number of Topliss-reactive ketones (excluding diaryl/α,β-unsaturated/α-hetero) is 1. The summed E-state index contributed by atoms with van der Waals surface area (Å²) in [6, 6.07) is 21.8. The van der Waals surface area contributed by atoms with Crippen molar-refractivity contribution >= 4 is 23.1 Å². The van der Waals surface area contributed by atoms with E-state index in [2.05, 4.69) is 5.32 Å². The Hall–Kier alpha value is -3.18. The van der Waals surface area contributed by atoms with Crippen molar-refractivity contribution in [2.45, 2.75) is 24.4 Å². The number of nitro groups is 1. The molecular weight excluding hydrogens is 388 g/mol. The number of halogens is 1. The lowest BCUT2D eigenvalue weighted by Gasteiger charge is -2.36. The molecule has 3 atom stereocenters. The quantitative estimate of drug-likeness (QED) is 0.344. The number of carbonyl (C=O) groups is 1. The summed E-state index contributed by atoms with van der Waals surface area (Å²) in [4.78, 5) is 24.8. The van der Waals surface area contributed by atoms with E-state index in [-0.39, 0.29) is 17.1 Å². The van der Waals surface area contributed by atoms with Crippen molar-refractivity contribution in [3.63, 3.8) is 0 Å². The second-order valence-corrected chi connectivity index (χ2v) is 7.51. The van der Waals surface area contributed by atoms with E-state index in [1.807, 2.05) is 36.4 Å². The van der Waals surface area contributed by atoms with Gasteiger partial charge in [-0.25, -0.2) is 0 Å². The Balaban J connectivity index is 1.79. The molecule has 0 amide bonds. The van der Waals surface area contributed by atoms with Crippen molar-refractivity contribution in [1.82, 2.24) is 0 Å². The van der Waals surface area contributed by atoms with Gasteiger partial charge >= 0.3 is 0 Å². The van der Waals surface area contributed by atoms with Gasteiger partial charge in [-0.1, -0.05) is 78.3 Å². The largest absolute Gasteiger partial charge is 0.372 e. The molecule has 0 bridgehead atoms. The molecule has 29 heavy (non-hydrogen) atoms. The van der Waals surface area contributed by atoms with E-state index in [0.717, 1.165) is 11.3 Å². The molecule has 1 heterocycles. The Kier molecular flexibility index (Phi) is 5.32. The number of carbonyl (C=O) groups excluding carboxylic acids is 1. The number of benzene rings is 3. The summed E-state index contributed by atoms with van der Waals surface area (Å²) < 4.78 is 0. The predicted molar refractivity (Wildman–Crippen MR) is 113 cm³/mol. The lowest BCUT2D eigenvalue weighted by Crippen LogP contribution is -2.42. The molecule has 0 aliphatic carbocycles. The lowest BCUT2D eigenvalue weighted by atomic mass is 9.77. The Morgan fingerprint density at radius 1 is 0.931 bits per heavy atom. The molecule has 6 heteroatoms. The van der Waals surface area contributed by atoms with Gasteiger partial charge in [-0.05, 0) is 23.3 Å². The van der Waals surface area contributed by atoms with E-state index < -0.39 is 18.0 Å². The molecular formula is C23H19ClN2O3. The van der Waals surface area contributed by atoms with Gasteiger partial charge in [-0.3, -0.25) is 14.9 Å². The number of ketones is 1. The zero-order valence-corrected chi connectivity index (χ0v) is 16.3. The van der Waals surface area contributed by atoms with Gasteiger partial charge < -0.3 is 5.32 Å². The van der Waals surface area contributed by atoms with Crippen molar-refractivity contribution in [3.8, 4) is 0 Å². The van der Waals surface area contributed by atoms with Crippen LogP contribution >= 0.6 is 11.6 Å². The van der Waals surface area contributed by atoms with Crippen LogP contribution in [0, 0.1) is 10.1 Å². The third kappa shape index (κ3) is 3.74. The second-order valence-electron chi connectivity index (χ2n) is 7.11. The lowest BCUT2D eigenvalue weighted by molar-refractivity contribution is -0.530. The summed E-state index contributed by atoms with van der Waals surface area (Å²) >= 11 is 6.37. The highest BCUT2D eigenvalue weighted by Crippen LogP contribution is 2.45. The molecule has 1 N–H and O–H groups in total. The molecule has 0 spiro atoms. The van der Waals surface area contributed by atoms with Crippen LogP contribution < -0.4 is 5.32 Å². The first-order valence-electron chi connectivity index (χ1n) is 9.38. The van der Waals surface area contributed by atoms with Crippen LogP contribution in [0.4, 0.5) is 5.69 Å². The molecule has 0 fully saturated rings. The van der Waals surface area contributed by atoms with Gasteiger partial charge in [0.25, 0.3) is 0 Å². The number of fused-ring (bicyclic) bond motifs is 1. The van der Waals surface area contributed by atoms with Crippen molar-refractivity contribution in [3.05, 3.63) is 111 Å². The van der Waals surface area contributed by atoms with E-state index in [1.54, 1.807) is 42.5 Å². The second kappa shape index (κ2) is 8.05. The maximum absolute atomic E-state index is 12.9. The number of nitrogens with zero attached hydrogens (tertiary/aromatic N) is 1. The van der Waals surface area contributed by atoms with Gasteiger partial charge in [-0.2, -0.15) is 0 Å². The summed E-state index contributed by atoms with van der Waals surface area (Å²) in [5.74, 6) is -0.687. The average molecular weight is 407 g/mol. The number of para-hydroxylation sites is 1. The minimum Gasteiger partial charge on any atom is -0.372 e. The Labute approximate surface area is 173 Å². The smallest absolute Gasteiger partial charge is 0.244 e. The highest BCUT2D eigenvalue weighted by molar-refractivity contribution is 6.31. The summed E-state index contributed by atoms with van der Waals surface area (Å²) in [7, 11) is 0. The SMILES string of the molecule is O=C(C[C@@H]1c2ccccc2N[C@@H](c2ccccc2Cl)[C@H]1[N+](=O)[O-])c1ccccc1. The molecule has 0 saturated heterocycles. The number of hydrogen-bond acceptors (Lipinski definition) is 4. The van der Waals surface area contributed by atoms with Gasteiger partial charge in [0.15, 0.2) is 5.78 Å². The molecule has 3 aromatic rings. The zero-order valence-electron chi connectivity index (χ0n) is 15.5. The van der Waals surface area contributed by atoms with Gasteiger partial charge in [0.05, 0.1) is 5.92 Å². The minimum absolute atomic E-state index is 0.0509. The van der Waals surface area contributed by atoms with Crippen LogP contribution in [0.15, 0.2) is 78.9 Å². The first-order valence-corrected chi connectivity index (χ1v) is 9.75. The summed E-state index contributed by atoms with van der Waals surface area (Å²) in [6.07, 6.45) is 0.0509. The Morgan fingerprint density at radius 3 is 2.24 bits per heavy atom. The van der Waals surface area contributed by atoms with Crippen LogP contribution in [0.3, 0.4) is 0 Å². The Morgan fingerprint density at radius 2 is 1.55 bits per heavy atom. The monoisotopic (exact) mass is 406 g/mol. The average Bonchev–Trinajstić information content (AvgIpc) is 2.74. The summed E-state index contributed by atoms with van der Waals surface area (Å²) in [6.45, 7) is 0. The standard InChI is InChI=1S/C23H19ClN2O3/c24-19-12-6-4-11-17(19)22-23(26(28)29)18(16-10-5-7-13-20(16)25-22)14-21(27)15-8-2-1-3-9-15/h1-13,18,22-23,25H,14H2/t18-,22+,23+/m1/s1. The fourth-order valence-electron chi connectivity index (χ4n) is 4.05. The van der Waals surface area contributed by atoms with Crippen molar-refractivity contribution < 1.29 is 9.72 Å². The fraction of sp³-hybridized carbons (Fsp3) is 0.174. The number of hydrogen-bond donors (Lipinski definition) is 1. The molecule has 0 aromatic heterocycles. The van der Waals surface area contributed by atoms with Crippen LogP contribution in [0.1, 0.15) is 39.9 Å². The van der Waals surface area contributed by atoms with Crippen LogP contribution in [-0.4, -0.2) is 16.7 Å². The third-order valence-corrected chi connectivity index (χ3v) is 5.75. The molecule has 1 aliphatic heterocycles. The molecule has 146 valence electrons. The zero-order chi connectivity index (χ0) is 20.4. The normalized spacial score (nSPS) is 20.4.